The number of nitro groups is 1. The third-order valence-electron chi connectivity index (χ3n) is 3.57. The van der Waals surface area contributed by atoms with E-state index in [1.807, 2.05) is 13.0 Å². The number of hydrogen-bond donors (Lipinski definition) is 1. The molecule has 1 heterocycles. The van der Waals surface area contributed by atoms with Gasteiger partial charge in [-0.15, -0.1) is 0 Å². The fraction of sp³-hybridized carbons (Fsp3) is 0.538. The predicted molar refractivity (Wildman–Crippen MR) is 75.9 cm³/mol. The fourth-order valence-electron chi connectivity index (χ4n) is 2.27. The van der Waals surface area contributed by atoms with Crippen molar-refractivity contribution in [3.05, 3.63) is 38.3 Å². The van der Waals surface area contributed by atoms with Crippen molar-refractivity contribution in [1.82, 2.24) is 4.90 Å². The normalized spacial score (nSPS) is 19.3. The molecule has 1 aromatic carbocycles. The van der Waals surface area contributed by atoms with Crippen molar-refractivity contribution in [3.63, 3.8) is 0 Å². The maximum atomic E-state index is 11.0. The minimum Gasteiger partial charge on any atom is -0.390 e. The lowest BCUT2D eigenvalue weighted by Gasteiger charge is -2.35. The number of piperidine rings is 1. The Kier molecular flexibility index (Phi) is 4.23. The van der Waals surface area contributed by atoms with Gasteiger partial charge in [0.15, 0.2) is 0 Å². The van der Waals surface area contributed by atoms with Crippen LogP contribution in [-0.4, -0.2) is 33.6 Å². The molecule has 0 spiro atoms. The van der Waals surface area contributed by atoms with E-state index in [9.17, 15) is 15.2 Å². The number of nitrogens with zero attached hydrogens (tertiary/aromatic N) is 2. The Morgan fingerprint density at radius 3 is 2.68 bits per heavy atom. The van der Waals surface area contributed by atoms with Gasteiger partial charge in [0, 0.05) is 35.7 Å². The van der Waals surface area contributed by atoms with Crippen LogP contribution in [0.25, 0.3) is 0 Å². The molecule has 0 saturated carbocycles. The molecule has 0 aromatic heterocycles. The second-order valence-corrected chi connectivity index (χ2v) is 6.22. The van der Waals surface area contributed by atoms with E-state index in [0.717, 1.165) is 18.7 Å². The Morgan fingerprint density at radius 2 is 2.11 bits per heavy atom. The third-order valence-corrected chi connectivity index (χ3v) is 4.06. The summed E-state index contributed by atoms with van der Waals surface area (Å²) in [5.74, 6) is 0. The maximum Gasteiger partial charge on any atom is 0.275 e. The van der Waals surface area contributed by atoms with Crippen LogP contribution in [0.1, 0.15) is 25.3 Å². The SMILES string of the molecule is CC1(O)CCN(Cc2ccc(Br)cc2[N+](=O)[O-])CC1. The van der Waals surface area contributed by atoms with Gasteiger partial charge in [0.25, 0.3) is 5.69 Å². The number of rotatable bonds is 3. The summed E-state index contributed by atoms with van der Waals surface area (Å²) < 4.78 is 0.713. The highest BCUT2D eigenvalue weighted by Gasteiger charge is 2.28. The van der Waals surface area contributed by atoms with Gasteiger partial charge in [0.05, 0.1) is 10.5 Å². The summed E-state index contributed by atoms with van der Waals surface area (Å²) in [6.07, 6.45) is 1.41. The molecule has 0 atom stereocenters. The largest absolute Gasteiger partial charge is 0.390 e. The standard InChI is InChI=1S/C13H17BrN2O3/c1-13(17)4-6-15(7-5-13)9-10-2-3-11(14)8-12(10)16(18)19/h2-3,8,17H,4-7,9H2,1H3. The van der Waals surface area contributed by atoms with Crippen LogP contribution in [0.4, 0.5) is 5.69 Å². The molecule has 104 valence electrons. The second-order valence-electron chi connectivity index (χ2n) is 5.30. The van der Waals surface area contributed by atoms with Crippen LogP contribution in [0.2, 0.25) is 0 Å². The van der Waals surface area contributed by atoms with Crippen LogP contribution in [0.15, 0.2) is 22.7 Å². The quantitative estimate of drug-likeness (QED) is 0.684. The zero-order valence-corrected chi connectivity index (χ0v) is 12.4. The summed E-state index contributed by atoms with van der Waals surface area (Å²) in [6, 6.07) is 5.15. The van der Waals surface area contributed by atoms with Crippen LogP contribution >= 0.6 is 15.9 Å². The van der Waals surface area contributed by atoms with Gasteiger partial charge in [-0.05, 0) is 31.9 Å². The number of likely N-dealkylation sites (tertiary alicyclic amines) is 1. The van der Waals surface area contributed by atoms with Crippen molar-refractivity contribution < 1.29 is 10.0 Å². The minimum atomic E-state index is -0.595. The fourth-order valence-corrected chi connectivity index (χ4v) is 2.62. The molecular formula is C13H17BrN2O3. The van der Waals surface area contributed by atoms with Crippen molar-refractivity contribution in [1.29, 1.82) is 0 Å². The molecule has 1 fully saturated rings. The van der Waals surface area contributed by atoms with E-state index in [0.29, 0.717) is 23.9 Å². The molecule has 0 amide bonds. The number of nitro benzene ring substituents is 1. The molecular weight excluding hydrogens is 312 g/mol. The molecule has 0 bridgehead atoms. The van der Waals surface area contributed by atoms with Crippen LogP contribution in [-0.2, 0) is 6.54 Å². The summed E-state index contributed by atoms with van der Waals surface area (Å²) >= 11 is 3.25. The lowest BCUT2D eigenvalue weighted by atomic mass is 9.93. The maximum absolute atomic E-state index is 11.0. The van der Waals surface area contributed by atoms with E-state index < -0.39 is 5.60 Å². The lowest BCUT2D eigenvalue weighted by Crippen LogP contribution is -2.42. The van der Waals surface area contributed by atoms with Crippen molar-refractivity contribution in [3.8, 4) is 0 Å². The molecule has 0 radical (unpaired) electrons. The number of hydrogen-bond acceptors (Lipinski definition) is 4. The molecule has 1 saturated heterocycles. The van der Waals surface area contributed by atoms with Gasteiger partial charge in [-0.3, -0.25) is 15.0 Å². The summed E-state index contributed by atoms with van der Waals surface area (Å²) in [5, 5.41) is 20.9. The van der Waals surface area contributed by atoms with Gasteiger partial charge in [-0.2, -0.15) is 0 Å². The first kappa shape index (κ1) is 14.4. The molecule has 5 nitrogen and oxygen atoms in total. The van der Waals surface area contributed by atoms with E-state index in [2.05, 4.69) is 20.8 Å². The van der Waals surface area contributed by atoms with Crippen LogP contribution in [0.5, 0.6) is 0 Å². The first-order chi connectivity index (χ1) is 8.87. The molecule has 6 heteroatoms. The van der Waals surface area contributed by atoms with E-state index in [4.69, 9.17) is 0 Å². The molecule has 2 rings (SSSR count). The monoisotopic (exact) mass is 328 g/mol. The van der Waals surface area contributed by atoms with Crippen molar-refractivity contribution in [2.75, 3.05) is 13.1 Å². The van der Waals surface area contributed by atoms with Gasteiger partial charge in [0.2, 0.25) is 0 Å². The smallest absolute Gasteiger partial charge is 0.275 e. The number of halogens is 1. The molecule has 0 aliphatic carbocycles. The highest BCUT2D eigenvalue weighted by Crippen LogP contribution is 2.27. The van der Waals surface area contributed by atoms with E-state index in [1.54, 1.807) is 6.07 Å². The van der Waals surface area contributed by atoms with Crippen molar-refractivity contribution in [2.24, 2.45) is 0 Å². The third kappa shape index (κ3) is 3.75. The molecule has 1 aliphatic rings. The van der Waals surface area contributed by atoms with Crippen molar-refractivity contribution in [2.45, 2.75) is 31.9 Å². The first-order valence-electron chi connectivity index (χ1n) is 6.25. The predicted octanol–water partition coefficient (Wildman–Crippen LogP) is 2.70. The lowest BCUT2D eigenvalue weighted by molar-refractivity contribution is -0.385. The van der Waals surface area contributed by atoms with Gasteiger partial charge in [-0.25, -0.2) is 0 Å². The molecule has 1 N–H and O–H groups in total. The van der Waals surface area contributed by atoms with E-state index in [-0.39, 0.29) is 10.6 Å². The topological polar surface area (TPSA) is 66.6 Å². The van der Waals surface area contributed by atoms with Gasteiger partial charge < -0.3 is 5.11 Å². The minimum absolute atomic E-state index is 0.145. The zero-order chi connectivity index (χ0) is 14.0. The first-order valence-corrected chi connectivity index (χ1v) is 7.04. The van der Waals surface area contributed by atoms with Crippen LogP contribution < -0.4 is 0 Å². The Labute approximate surface area is 120 Å². The van der Waals surface area contributed by atoms with Gasteiger partial charge in [0.1, 0.15) is 0 Å². The Bertz CT molecular complexity index is 481. The van der Waals surface area contributed by atoms with E-state index in [1.165, 1.54) is 6.07 Å². The van der Waals surface area contributed by atoms with Crippen LogP contribution in [0, 0.1) is 10.1 Å². The van der Waals surface area contributed by atoms with Crippen LogP contribution in [0.3, 0.4) is 0 Å². The second kappa shape index (κ2) is 5.56. The average molecular weight is 329 g/mol. The Morgan fingerprint density at radius 1 is 1.47 bits per heavy atom. The molecule has 0 unspecified atom stereocenters. The highest BCUT2D eigenvalue weighted by atomic mass is 79.9. The summed E-state index contributed by atoms with van der Waals surface area (Å²) in [5.41, 5.74) is 0.267. The Balaban J connectivity index is 2.10. The zero-order valence-electron chi connectivity index (χ0n) is 10.8. The number of aliphatic hydroxyl groups is 1. The molecule has 19 heavy (non-hydrogen) atoms. The highest BCUT2D eigenvalue weighted by molar-refractivity contribution is 9.10. The van der Waals surface area contributed by atoms with E-state index >= 15 is 0 Å². The number of benzene rings is 1. The molecule has 1 aliphatic heterocycles. The average Bonchev–Trinajstić information content (AvgIpc) is 2.33. The summed E-state index contributed by atoms with van der Waals surface area (Å²) in [7, 11) is 0. The van der Waals surface area contributed by atoms with Gasteiger partial charge in [-0.1, -0.05) is 15.9 Å². The van der Waals surface area contributed by atoms with Gasteiger partial charge >= 0.3 is 0 Å². The summed E-state index contributed by atoms with van der Waals surface area (Å²) in [4.78, 5) is 12.8. The Hall–Kier alpha value is -0.980. The summed E-state index contributed by atoms with van der Waals surface area (Å²) in [6.45, 7) is 3.92. The molecule has 1 aromatic rings. The van der Waals surface area contributed by atoms with Crippen molar-refractivity contribution >= 4 is 21.6 Å².